The van der Waals surface area contributed by atoms with E-state index in [9.17, 15) is 9.00 Å². The third-order valence-corrected chi connectivity index (χ3v) is 5.62. The third kappa shape index (κ3) is 2.78. The van der Waals surface area contributed by atoms with Crippen molar-refractivity contribution in [3.8, 4) is 0 Å². The number of hydrogen-bond donors (Lipinski definition) is 0. The highest BCUT2D eigenvalue weighted by molar-refractivity contribution is 7.84. The molecule has 3 unspecified atom stereocenters. The molecule has 1 aliphatic rings. The first-order valence-electron chi connectivity index (χ1n) is 5.73. The second kappa shape index (κ2) is 5.32. The monoisotopic (exact) mass is 270 g/mol. The van der Waals surface area contributed by atoms with Gasteiger partial charge >= 0.3 is 0 Å². The summed E-state index contributed by atoms with van der Waals surface area (Å²) in [4.78, 5) is 11.4. The highest BCUT2D eigenvalue weighted by atomic mass is 35.5. The zero-order valence-electron chi connectivity index (χ0n) is 9.69. The summed E-state index contributed by atoms with van der Waals surface area (Å²) >= 11 is 6.04. The van der Waals surface area contributed by atoms with Crippen molar-refractivity contribution in [3.63, 3.8) is 0 Å². The molecule has 0 amide bonds. The number of carbonyl (C=O) groups excluding carboxylic acids is 1. The maximum atomic E-state index is 12.2. The fourth-order valence-electron chi connectivity index (χ4n) is 2.20. The smallest absolute Gasteiger partial charge is 0.136 e. The fraction of sp³-hybridized carbons (Fsp3) is 0.462. The van der Waals surface area contributed by atoms with Crippen molar-refractivity contribution >= 4 is 28.2 Å². The van der Waals surface area contributed by atoms with Crippen LogP contribution in [0.3, 0.4) is 0 Å². The Hall–Kier alpha value is -0.670. The summed E-state index contributed by atoms with van der Waals surface area (Å²) in [5, 5.41) is 0.650. The van der Waals surface area contributed by atoms with Gasteiger partial charge in [0.05, 0.1) is 5.75 Å². The van der Waals surface area contributed by atoms with E-state index < -0.39 is 10.8 Å². The summed E-state index contributed by atoms with van der Waals surface area (Å²) in [5.41, 5.74) is 0.902. The van der Waals surface area contributed by atoms with Crippen LogP contribution in [-0.4, -0.2) is 15.2 Å². The Kier molecular flexibility index (Phi) is 4.00. The molecule has 2 nitrogen and oxygen atoms in total. The first-order valence-corrected chi connectivity index (χ1v) is 7.49. The molecule has 0 bridgehead atoms. The van der Waals surface area contributed by atoms with Gasteiger partial charge in [-0.25, -0.2) is 0 Å². The van der Waals surface area contributed by atoms with Crippen LogP contribution in [-0.2, 0) is 21.3 Å². The number of ketones is 1. The van der Waals surface area contributed by atoms with Crippen molar-refractivity contribution < 1.29 is 9.00 Å². The molecular formula is C13H15ClO2S. The number of rotatable bonds is 3. The van der Waals surface area contributed by atoms with Crippen LogP contribution in [0.15, 0.2) is 24.3 Å². The zero-order chi connectivity index (χ0) is 12.4. The van der Waals surface area contributed by atoms with E-state index in [1.165, 1.54) is 0 Å². The molecule has 2 rings (SSSR count). The average molecular weight is 271 g/mol. The molecular weight excluding hydrogens is 256 g/mol. The SMILES string of the molecule is CC1C(=O)CCC1S(=O)Cc1ccccc1Cl. The Morgan fingerprint density at radius 1 is 1.41 bits per heavy atom. The van der Waals surface area contributed by atoms with Crippen LogP contribution < -0.4 is 0 Å². The van der Waals surface area contributed by atoms with Crippen LogP contribution in [0.25, 0.3) is 0 Å². The Labute approximate surface area is 109 Å². The molecule has 0 saturated heterocycles. The minimum Gasteiger partial charge on any atom is -0.299 e. The van der Waals surface area contributed by atoms with Gasteiger partial charge in [0, 0.05) is 33.4 Å². The number of halogens is 1. The molecule has 4 heteroatoms. The number of hydrogen-bond acceptors (Lipinski definition) is 2. The highest BCUT2D eigenvalue weighted by Crippen LogP contribution is 2.28. The Morgan fingerprint density at radius 2 is 2.12 bits per heavy atom. The second-order valence-electron chi connectivity index (χ2n) is 4.45. The molecule has 0 heterocycles. The van der Waals surface area contributed by atoms with Gasteiger partial charge in [-0.2, -0.15) is 0 Å². The molecule has 1 fully saturated rings. The van der Waals surface area contributed by atoms with Crippen molar-refractivity contribution in [1.29, 1.82) is 0 Å². The lowest BCUT2D eigenvalue weighted by molar-refractivity contribution is -0.120. The van der Waals surface area contributed by atoms with Crippen LogP contribution in [0.2, 0.25) is 5.02 Å². The van der Waals surface area contributed by atoms with Crippen molar-refractivity contribution in [3.05, 3.63) is 34.9 Å². The average Bonchev–Trinajstić information content (AvgIpc) is 2.63. The zero-order valence-corrected chi connectivity index (χ0v) is 11.3. The Morgan fingerprint density at radius 3 is 2.71 bits per heavy atom. The van der Waals surface area contributed by atoms with Crippen LogP contribution >= 0.6 is 11.6 Å². The maximum absolute atomic E-state index is 12.2. The summed E-state index contributed by atoms with van der Waals surface area (Å²) in [6.07, 6.45) is 1.32. The summed E-state index contributed by atoms with van der Waals surface area (Å²) in [5.74, 6) is 0.614. The third-order valence-electron chi connectivity index (χ3n) is 3.33. The molecule has 0 N–H and O–H groups in total. The van der Waals surface area contributed by atoms with Gasteiger partial charge in [-0.1, -0.05) is 36.7 Å². The van der Waals surface area contributed by atoms with E-state index in [1.807, 2.05) is 25.1 Å². The molecule has 3 atom stereocenters. The predicted octanol–water partition coefficient (Wildman–Crippen LogP) is 2.96. The maximum Gasteiger partial charge on any atom is 0.136 e. The van der Waals surface area contributed by atoms with Gasteiger partial charge in [-0.3, -0.25) is 9.00 Å². The topological polar surface area (TPSA) is 34.1 Å². The lowest BCUT2D eigenvalue weighted by atomic mass is 10.1. The fourth-order valence-corrected chi connectivity index (χ4v) is 4.25. The molecule has 17 heavy (non-hydrogen) atoms. The molecule has 0 aliphatic heterocycles. The summed E-state index contributed by atoms with van der Waals surface area (Å²) in [6.45, 7) is 1.88. The van der Waals surface area contributed by atoms with Gasteiger partial charge in [-0.05, 0) is 18.1 Å². The van der Waals surface area contributed by atoms with Crippen molar-refractivity contribution in [2.45, 2.75) is 30.8 Å². The van der Waals surface area contributed by atoms with Gasteiger partial charge < -0.3 is 0 Å². The molecule has 92 valence electrons. The van der Waals surface area contributed by atoms with E-state index in [-0.39, 0.29) is 17.0 Å². The van der Waals surface area contributed by atoms with Gasteiger partial charge in [-0.15, -0.1) is 0 Å². The second-order valence-corrected chi connectivity index (χ2v) is 6.51. The van der Waals surface area contributed by atoms with E-state index in [2.05, 4.69) is 0 Å². The van der Waals surface area contributed by atoms with Crippen LogP contribution in [0.1, 0.15) is 25.3 Å². The number of benzene rings is 1. The van der Waals surface area contributed by atoms with Gasteiger partial charge in [0.1, 0.15) is 5.78 Å². The normalized spacial score (nSPS) is 26.1. The molecule has 1 aromatic carbocycles. The van der Waals surface area contributed by atoms with Crippen LogP contribution in [0.5, 0.6) is 0 Å². The standard InChI is InChI=1S/C13H15ClO2S/c1-9-12(15)6-7-13(9)17(16)8-10-4-2-3-5-11(10)14/h2-5,9,13H,6-8H2,1H3. The molecule has 1 saturated carbocycles. The summed E-state index contributed by atoms with van der Waals surface area (Å²) < 4.78 is 12.2. The van der Waals surface area contributed by atoms with E-state index in [4.69, 9.17) is 11.6 Å². The number of carbonyl (C=O) groups is 1. The largest absolute Gasteiger partial charge is 0.299 e. The minimum absolute atomic E-state index is 0.00114. The van der Waals surface area contributed by atoms with E-state index in [0.29, 0.717) is 17.2 Å². The Balaban J connectivity index is 2.08. The first kappa shape index (κ1) is 12.8. The summed E-state index contributed by atoms with van der Waals surface area (Å²) in [6, 6.07) is 7.44. The highest BCUT2D eigenvalue weighted by Gasteiger charge is 2.34. The quantitative estimate of drug-likeness (QED) is 0.846. The molecule has 0 aromatic heterocycles. The van der Waals surface area contributed by atoms with Gasteiger partial charge in [0.2, 0.25) is 0 Å². The minimum atomic E-state index is -1.01. The van der Waals surface area contributed by atoms with Crippen LogP contribution in [0.4, 0.5) is 0 Å². The van der Waals surface area contributed by atoms with Crippen molar-refractivity contribution in [2.24, 2.45) is 5.92 Å². The first-order chi connectivity index (χ1) is 8.09. The van der Waals surface area contributed by atoms with Gasteiger partial charge in [0.25, 0.3) is 0 Å². The predicted molar refractivity (Wildman–Crippen MR) is 70.5 cm³/mol. The molecule has 1 aromatic rings. The van der Waals surface area contributed by atoms with Crippen molar-refractivity contribution in [1.82, 2.24) is 0 Å². The summed E-state index contributed by atoms with van der Waals surface area (Å²) in [7, 11) is -1.01. The number of Topliss-reactive ketones (excluding diaryl/α,β-unsaturated/α-hetero) is 1. The van der Waals surface area contributed by atoms with E-state index in [1.54, 1.807) is 6.07 Å². The lowest BCUT2D eigenvalue weighted by Crippen LogP contribution is -2.22. The lowest BCUT2D eigenvalue weighted by Gasteiger charge is -2.14. The van der Waals surface area contributed by atoms with Crippen LogP contribution in [0, 0.1) is 5.92 Å². The van der Waals surface area contributed by atoms with Crippen molar-refractivity contribution in [2.75, 3.05) is 0 Å². The molecule has 1 aliphatic carbocycles. The molecule has 0 radical (unpaired) electrons. The van der Waals surface area contributed by atoms with E-state index in [0.717, 1.165) is 12.0 Å². The van der Waals surface area contributed by atoms with E-state index >= 15 is 0 Å². The molecule has 0 spiro atoms. The van der Waals surface area contributed by atoms with Gasteiger partial charge in [0.15, 0.2) is 0 Å². The Bertz CT molecular complexity index is 458.